The molecule has 1 aromatic carbocycles. The minimum Gasteiger partial charge on any atom is -0.361 e. The first-order valence-electron chi connectivity index (χ1n) is 6.64. The standard InChI is InChI=1S/C14H16F3N3/c15-14(16,17)13(20-7-5-18-6-8-20)11-2-1-10-3-4-19-12(10)9-11/h1-4,9,13,18-19H,5-8H2/t13-/m1/s1. The number of alkyl halides is 3. The third-order valence-corrected chi connectivity index (χ3v) is 3.72. The fourth-order valence-electron chi connectivity index (χ4n) is 2.78. The number of nitrogens with zero attached hydrogens (tertiary/aromatic N) is 1. The molecule has 2 N–H and O–H groups in total. The summed E-state index contributed by atoms with van der Waals surface area (Å²) in [5.74, 6) is 0. The summed E-state index contributed by atoms with van der Waals surface area (Å²) in [6, 6.07) is 5.25. The van der Waals surface area contributed by atoms with Crippen molar-refractivity contribution < 1.29 is 13.2 Å². The molecule has 0 amide bonds. The van der Waals surface area contributed by atoms with E-state index in [0.717, 1.165) is 10.9 Å². The van der Waals surface area contributed by atoms with Gasteiger partial charge in [-0.15, -0.1) is 0 Å². The lowest BCUT2D eigenvalue weighted by Crippen LogP contribution is -2.49. The van der Waals surface area contributed by atoms with Crippen molar-refractivity contribution in [1.29, 1.82) is 0 Å². The van der Waals surface area contributed by atoms with Crippen molar-refractivity contribution in [2.75, 3.05) is 26.2 Å². The second kappa shape index (κ2) is 5.10. The van der Waals surface area contributed by atoms with Crippen molar-refractivity contribution in [2.24, 2.45) is 0 Å². The number of aromatic nitrogens is 1. The normalized spacial score (nSPS) is 19.4. The van der Waals surface area contributed by atoms with Crippen LogP contribution in [-0.4, -0.2) is 42.2 Å². The van der Waals surface area contributed by atoms with E-state index in [1.807, 2.05) is 6.07 Å². The minimum atomic E-state index is -4.27. The van der Waals surface area contributed by atoms with Crippen LogP contribution in [0.25, 0.3) is 10.9 Å². The Morgan fingerprint density at radius 3 is 2.55 bits per heavy atom. The Kier molecular flexibility index (Phi) is 3.43. The smallest absolute Gasteiger partial charge is 0.361 e. The summed E-state index contributed by atoms with van der Waals surface area (Å²) < 4.78 is 40.3. The van der Waals surface area contributed by atoms with Crippen LogP contribution in [0.15, 0.2) is 30.5 Å². The van der Waals surface area contributed by atoms with Gasteiger partial charge in [-0.25, -0.2) is 0 Å². The van der Waals surface area contributed by atoms with Gasteiger partial charge in [-0.1, -0.05) is 12.1 Å². The molecule has 0 unspecified atom stereocenters. The summed E-state index contributed by atoms with van der Waals surface area (Å²) in [4.78, 5) is 4.47. The Bertz CT molecular complexity index is 585. The lowest BCUT2D eigenvalue weighted by atomic mass is 10.0. The molecule has 3 nitrogen and oxygen atoms in total. The number of H-pyrrole nitrogens is 1. The molecule has 20 heavy (non-hydrogen) atoms. The number of fused-ring (bicyclic) bond motifs is 1. The quantitative estimate of drug-likeness (QED) is 0.888. The van der Waals surface area contributed by atoms with Crippen molar-refractivity contribution in [3.8, 4) is 0 Å². The molecule has 1 aliphatic heterocycles. The maximum atomic E-state index is 13.4. The molecule has 108 valence electrons. The van der Waals surface area contributed by atoms with Crippen molar-refractivity contribution >= 4 is 10.9 Å². The molecule has 0 radical (unpaired) electrons. The highest BCUT2D eigenvalue weighted by molar-refractivity contribution is 5.80. The molecule has 3 rings (SSSR count). The average molecular weight is 283 g/mol. The van der Waals surface area contributed by atoms with E-state index in [-0.39, 0.29) is 0 Å². The van der Waals surface area contributed by atoms with E-state index in [1.165, 1.54) is 4.90 Å². The first-order valence-corrected chi connectivity index (χ1v) is 6.64. The van der Waals surface area contributed by atoms with E-state index < -0.39 is 12.2 Å². The first-order chi connectivity index (χ1) is 9.55. The van der Waals surface area contributed by atoms with Crippen LogP contribution in [0.1, 0.15) is 11.6 Å². The van der Waals surface area contributed by atoms with Crippen LogP contribution in [0.5, 0.6) is 0 Å². The van der Waals surface area contributed by atoms with Crippen LogP contribution in [0.4, 0.5) is 13.2 Å². The highest BCUT2D eigenvalue weighted by atomic mass is 19.4. The van der Waals surface area contributed by atoms with Gasteiger partial charge in [0.15, 0.2) is 0 Å². The van der Waals surface area contributed by atoms with Gasteiger partial charge in [-0.2, -0.15) is 13.2 Å². The van der Waals surface area contributed by atoms with Crippen molar-refractivity contribution in [3.63, 3.8) is 0 Å². The largest absolute Gasteiger partial charge is 0.408 e. The molecule has 0 spiro atoms. The highest BCUT2D eigenvalue weighted by Crippen LogP contribution is 2.38. The summed E-state index contributed by atoms with van der Waals surface area (Å²) in [5.41, 5.74) is 1.04. The number of benzene rings is 1. The van der Waals surface area contributed by atoms with Crippen molar-refractivity contribution in [3.05, 3.63) is 36.0 Å². The van der Waals surface area contributed by atoms with Gasteiger partial charge in [0.25, 0.3) is 0 Å². The van der Waals surface area contributed by atoms with E-state index >= 15 is 0 Å². The molecule has 2 heterocycles. The lowest BCUT2D eigenvalue weighted by molar-refractivity contribution is -0.187. The van der Waals surface area contributed by atoms with Gasteiger partial charge < -0.3 is 10.3 Å². The maximum absolute atomic E-state index is 13.4. The molecule has 0 aliphatic carbocycles. The van der Waals surface area contributed by atoms with Gasteiger partial charge in [0.1, 0.15) is 6.04 Å². The van der Waals surface area contributed by atoms with Crippen molar-refractivity contribution in [1.82, 2.24) is 15.2 Å². The van der Waals surface area contributed by atoms with Crippen LogP contribution in [0, 0.1) is 0 Å². The third-order valence-electron chi connectivity index (χ3n) is 3.72. The average Bonchev–Trinajstić information content (AvgIpc) is 2.86. The minimum absolute atomic E-state index is 0.300. The molecule has 1 saturated heterocycles. The zero-order valence-corrected chi connectivity index (χ0v) is 10.9. The fourth-order valence-corrected chi connectivity index (χ4v) is 2.78. The molecule has 0 saturated carbocycles. The lowest BCUT2D eigenvalue weighted by Gasteiger charge is -2.36. The van der Waals surface area contributed by atoms with Gasteiger partial charge in [0, 0.05) is 37.9 Å². The van der Waals surface area contributed by atoms with E-state index in [4.69, 9.17) is 0 Å². The number of rotatable bonds is 2. The summed E-state index contributed by atoms with van der Waals surface area (Å²) in [6.45, 7) is 2.01. The van der Waals surface area contributed by atoms with Crippen molar-refractivity contribution in [2.45, 2.75) is 12.2 Å². The van der Waals surface area contributed by atoms with Crippen LogP contribution < -0.4 is 5.32 Å². The van der Waals surface area contributed by atoms with E-state index in [1.54, 1.807) is 24.4 Å². The zero-order valence-electron chi connectivity index (χ0n) is 10.9. The molecular formula is C14H16F3N3. The van der Waals surface area contributed by atoms with E-state index in [2.05, 4.69) is 10.3 Å². The van der Waals surface area contributed by atoms with Crippen LogP contribution >= 0.6 is 0 Å². The van der Waals surface area contributed by atoms with E-state index in [0.29, 0.717) is 31.7 Å². The molecule has 6 heteroatoms. The van der Waals surface area contributed by atoms with Gasteiger partial charge in [-0.3, -0.25) is 4.90 Å². The topological polar surface area (TPSA) is 31.1 Å². The Morgan fingerprint density at radius 1 is 1.10 bits per heavy atom. The van der Waals surface area contributed by atoms with Gasteiger partial charge in [-0.05, 0) is 23.1 Å². The molecule has 1 aliphatic rings. The first kappa shape index (κ1) is 13.5. The molecule has 1 aromatic heterocycles. The Balaban J connectivity index is 1.99. The molecule has 1 fully saturated rings. The molecule has 1 atom stereocenters. The predicted molar refractivity (Wildman–Crippen MR) is 71.5 cm³/mol. The monoisotopic (exact) mass is 283 g/mol. The maximum Gasteiger partial charge on any atom is 0.408 e. The SMILES string of the molecule is FC(F)(F)[C@@H](c1ccc2cc[nH]c2c1)N1CCNCC1. The Morgan fingerprint density at radius 2 is 1.85 bits per heavy atom. The van der Waals surface area contributed by atoms with Gasteiger partial charge >= 0.3 is 6.18 Å². The molecular weight excluding hydrogens is 267 g/mol. The number of halogens is 3. The highest BCUT2D eigenvalue weighted by Gasteiger charge is 2.44. The summed E-state index contributed by atoms with van der Waals surface area (Å²) in [7, 11) is 0. The summed E-state index contributed by atoms with van der Waals surface area (Å²) >= 11 is 0. The predicted octanol–water partition coefficient (Wildman–Crippen LogP) is 2.68. The molecule has 2 aromatic rings. The number of nitrogens with one attached hydrogen (secondary N) is 2. The summed E-state index contributed by atoms with van der Waals surface area (Å²) in [6.07, 6.45) is -2.53. The second-order valence-corrected chi connectivity index (χ2v) is 5.05. The summed E-state index contributed by atoms with van der Waals surface area (Å²) in [5, 5.41) is 4.01. The molecule has 0 bridgehead atoms. The number of piperazine rings is 1. The second-order valence-electron chi connectivity index (χ2n) is 5.05. The van der Waals surface area contributed by atoms with Crippen LogP contribution in [-0.2, 0) is 0 Å². The fraction of sp³-hybridized carbons (Fsp3) is 0.429. The number of hydrogen-bond acceptors (Lipinski definition) is 2. The Labute approximate surface area is 114 Å². The van der Waals surface area contributed by atoms with E-state index in [9.17, 15) is 13.2 Å². The van der Waals surface area contributed by atoms with Gasteiger partial charge in [0.2, 0.25) is 0 Å². The third kappa shape index (κ3) is 2.53. The number of aromatic amines is 1. The Hall–Kier alpha value is -1.53. The van der Waals surface area contributed by atoms with Gasteiger partial charge in [0.05, 0.1) is 0 Å². The number of hydrogen-bond donors (Lipinski definition) is 2. The van der Waals surface area contributed by atoms with Crippen LogP contribution in [0.2, 0.25) is 0 Å². The zero-order chi connectivity index (χ0) is 14.2. The van der Waals surface area contributed by atoms with Crippen LogP contribution in [0.3, 0.4) is 0 Å².